The van der Waals surface area contributed by atoms with E-state index in [2.05, 4.69) is 27.3 Å². The van der Waals surface area contributed by atoms with Crippen molar-refractivity contribution in [3.63, 3.8) is 0 Å². The highest BCUT2D eigenvalue weighted by Gasteiger charge is 2.24. The summed E-state index contributed by atoms with van der Waals surface area (Å²) in [7, 11) is 1.73. The minimum Gasteiger partial charge on any atom is -0.309 e. The standard InChI is InChI=1S/C13H14BrF2N/c1-17-13(8-4-2-3-5-8)12-10(15)6-9(14)7-11(12)16/h4,6-7,13,17H,2-3,5H2,1H3. The van der Waals surface area contributed by atoms with E-state index >= 15 is 0 Å². The maximum absolute atomic E-state index is 13.9. The molecule has 0 heterocycles. The van der Waals surface area contributed by atoms with E-state index in [4.69, 9.17) is 0 Å². The van der Waals surface area contributed by atoms with Crippen LogP contribution in [-0.4, -0.2) is 7.05 Å². The molecule has 0 aromatic heterocycles. The van der Waals surface area contributed by atoms with E-state index in [-0.39, 0.29) is 11.6 Å². The summed E-state index contributed by atoms with van der Waals surface area (Å²) in [5, 5.41) is 3.00. The van der Waals surface area contributed by atoms with Gasteiger partial charge in [0, 0.05) is 10.0 Å². The molecule has 1 unspecified atom stereocenters. The number of rotatable bonds is 3. The molecule has 0 amide bonds. The van der Waals surface area contributed by atoms with Gasteiger partial charge in [-0.3, -0.25) is 0 Å². The molecule has 1 nitrogen and oxygen atoms in total. The lowest BCUT2D eigenvalue weighted by Crippen LogP contribution is -2.20. The molecule has 1 atom stereocenters. The number of allylic oxidation sites excluding steroid dienone is 1. The SMILES string of the molecule is CNC(C1=CCCC1)c1c(F)cc(Br)cc1F. The highest BCUT2D eigenvalue weighted by molar-refractivity contribution is 9.10. The average Bonchev–Trinajstić information content (AvgIpc) is 2.76. The third kappa shape index (κ3) is 2.58. The molecule has 2 rings (SSSR count). The number of nitrogens with one attached hydrogen (secondary N) is 1. The minimum atomic E-state index is -0.510. The van der Waals surface area contributed by atoms with Gasteiger partial charge in [-0.2, -0.15) is 0 Å². The van der Waals surface area contributed by atoms with Gasteiger partial charge >= 0.3 is 0 Å². The van der Waals surface area contributed by atoms with Crippen LogP contribution in [0.4, 0.5) is 8.78 Å². The van der Waals surface area contributed by atoms with E-state index in [0.717, 1.165) is 24.8 Å². The van der Waals surface area contributed by atoms with Crippen LogP contribution in [0.15, 0.2) is 28.3 Å². The van der Waals surface area contributed by atoms with Gasteiger partial charge in [-0.15, -0.1) is 0 Å². The Labute approximate surface area is 108 Å². The van der Waals surface area contributed by atoms with Gasteiger partial charge in [-0.25, -0.2) is 8.78 Å². The van der Waals surface area contributed by atoms with Crippen LogP contribution in [-0.2, 0) is 0 Å². The second-order valence-electron chi connectivity index (χ2n) is 4.18. The lowest BCUT2D eigenvalue weighted by atomic mass is 9.97. The molecule has 1 aliphatic rings. The zero-order valence-electron chi connectivity index (χ0n) is 9.56. The van der Waals surface area contributed by atoms with E-state index in [1.165, 1.54) is 12.1 Å². The molecule has 4 heteroatoms. The first-order valence-electron chi connectivity index (χ1n) is 5.64. The van der Waals surface area contributed by atoms with Gasteiger partial charge in [-0.05, 0) is 38.4 Å². The Morgan fingerprint density at radius 2 is 1.94 bits per heavy atom. The van der Waals surface area contributed by atoms with Crippen LogP contribution in [0.1, 0.15) is 30.9 Å². The molecule has 17 heavy (non-hydrogen) atoms. The van der Waals surface area contributed by atoms with Crippen LogP contribution in [0.5, 0.6) is 0 Å². The summed E-state index contributed by atoms with van der Waals surface area (Å²) in [5.41, 5.74) is 1.19. The third-order valence-corrected chi connectivity index (χ3v) is 3.53. The zero-order valence-corrected chi connectivity index (χ0v) is 11.2. The van der Waals surface area contributed by atoms with E-state index in [1.54, 1.807) is 7.05 Å². The first kappa shape index (κ1) is 12.7. The highest BCUT2D eigenvalue weighted by atomic mass is 79.9. The van der Waals surface area contributed by atoms with Crippen LogP contribution in [0.25, 0.3) is 0 Å². The quantitative estimate of drug-likeness (QED) is 0.829. The molecule has 0 fully saturated rings. The fraction of sp³-hybridized carbons (Fsp3) is 0.385. The summed E-state index contributed by atoms with van der Waals surface area (Å²) < 4.78 is 28.2. The lowest BCUT2D eigenvalue weighted by molar-refractivity contribution is 0.514. The predicted molar refractivity (Wildman–Crippen MR) is 67.8 cm³/mol. The molecule has 1 aromatic rings. The molecule has 0 bridgehead atoms. The summed E-state index contributed by atoms with van der Waals surface area (Å²) in [5.74, 6) is -1.02. The van der Waals surface area contributed by atoms with Gasteiger partial charge in [-0.1, -0.05) is 27.6 Å². The van der Waals surface area contributed by atoms with Crippen molar-refractivity contribution in [3.05, 3.63) is 45.5 Å². The van der Waals surface area contributed by atoms with E-state index in [0.29, 0.717) is 4.47 Å². The van der Waals surface area contributed by atoms with Crippen LogP contribution in [0.2, 0.25) is 0 Å². The van der Waals surface area contributed by atoms with Crippen molar-refractivity contribution < 1.29 is 8.78 Å². The summed E-state index contributed by atoms with van der Waals surface area (Å²) in [6, 6.07) is 2.25. The third-order valence-electron chi connectivity index (χ3n) is 3.07. The zero-order chi connectivity index (χ0) is 12.4. The molecule has 1 N–H and O–H groups in total. The van der Waals surface area contributed by atoms with Crippen LogP contribution in [0.3, 0.4) is 0 Å². The Morgan fingerprint density at radius 1 is 1.29 bits per heavy atom. The van der Waals surface area contributed by atoms with E-state index in [1.807, 2.05) is 0 Å². The monoisotopic (exact) mass is 301 g/mol. The second kappa shape index (κ2) is 5.27. The molecule has 0 spiro atoms. The molecule has 0 saturated carbocycles. The maximum atomic E-state index is 13.9. The predicted octanol–water partition coefficient (Wildman–Crippen LogP) is 4.10. The summed E-state index contributed by atoms with van der Waals surface area (Å²) in [6.45, 7) is 0. The van der Waals surface area contributed by atoms with E-state index in [9.17, 15) is 8.78 Å². The number of likely N-dealkylation sites (N-methyl/N-ethyl adjacent to an activating group) is 1. The first-order valence-corrected chi connectivity index (χ1v) is 6.43. The van der Waals surface area contributed by atoms with Crippen molar-refractivity contribution >= 4 is 15.9 Å². The van der Waals surface area contributed by atoms with Crippen molar-refractivity contribution in [3.8, 4) is 0 Å². The molecule has 1 aliphatic carbocycles. The van der Waals surface area contributed by atoms with Gasteiger partial charge in [0.2, 0.25) is 0 Å². The van der Waals surface area contributed by atoms with Gasteiger partial charge in [0.15, 0.2) is 0 Å². The van der Waals surface area contributed by atoms with Crippen LogP contribution < -0.4 is 5.32 Å². The van der Waals surface area contributed by atoms with Gasteiger partial charge in [0.1, 0.15) is 11.6 Å². The topological polar surface area (TPSA) is 12.0 Å². The van der Waals surface area contributed by atoms with E-state index < -0.39 is 11.6 Å². The van der Waals surface area contributed by atoms with Crippen molar-refractivity contribution in [1.82, 2.24) is 5.32 Å². The Bertz CT molecular complexity index is 434. The fourth-order valence-electron chi connectivity index (χ4n) is 2.30. The Hall–Kier alpha value is -0.740. The molecule has 0 aliphatic heterocycles. The normalized spacial score (nSPS) is 17.1. The molecule has 0 saturated heterocycles. The number of hydrogen-bond donors (Lipinski definition) is 1. The lowest BCUT2D eigenvalue weighted by Gasteiger charge is -2.19. The van der Waals surface area contributed by atoms with Crippen LogP contribution >= 0.6 is 15.9 Å². The molecule has 0 radical (unpaired) electrons. The van der Waals surface area contributed by atoms with Crippen molar-refractivity contribution in [1.29, 1.82) is 0 Å². The van der Waals surface area contributed by atoms with Crippen molar-refractivity contribution in [2.24, 2.45) is 0 Å². The fourth-order valence-corrected chi connectivity index (χ4v) is 2.70. The maximum Gasteiger partial charge on any atom is 0.132 e. The Morgan fingerprint density at radius 3 is 2.41 bits per heavy atom. The number of benzene rings is 1. The number of halogens is 3. The molecule has 92 valence electrons. The largest absolute Gasteiger partial charge is 0.309 e. The van der Waals surface area contributed by atoms with Crippen molar-refractivity contribution in [2.45, 2.75) is 25.3 Å². The number of hydrogen-bond acceptors (Lipinski definition) is 1. The van der Waals surface area contributed by atoms with Gasteiger partial charge < -0.3 is 5.32 Å². The molecule has 1 aromatic carbocycles. The smallest absolute Gasteiger partial charge is 0.132 e. The molecular weight excluding hydrogens is 288 g/mol. The minimum absolute atomic E-state index is 0.115. The highest BCUT2D eigenvalue weighted by Crippen LogP contribution is 2.34. The molecular formula is C13H14BrF2N. The van der Waals surface area contributed by atoms with Crippen LogP contribution in [0, 0.1) is 11.6 Å². The summed E-state index contributed by atoms with van der Waals surface area (Å²) >= 11 is 3.09. The van der Waals surface area contributed by atoms with Gasteiger partial charge in [0.05, 0.1) is 6.04 Å². The first-order chi connectivity index (χ1) is 8.13. The van der Waals surface area contributed by atoms with Gasteiger partial charge in [0.25, 0.3) is 0 Å². The van der Waals surface area contributed by atoms with Crippen molar-refractivity contribution in [2.75, 3.05) is 7.05 Å². The summed E-state index contributed by atoms with van der Waals surface area (Å²) in [4.78, 5) is 0. The average molecular weight is 302 g/mol. The summed E-state index contributed by atoms with van der Waals surface area (Å²) in [6.07, 6.45) is 5.03. The second-order valence-corrected chi connectivity index (χ2v) is 5.09. The Balaban J connectivity index is 2.43. The Kier molecular flexibility index (Phi) is 3.94.